The van der Waals surface area contributed by atoms with Gasteiger partial charge in [-0.25, -0.2) is 0 Å². The van der Waals surface area contributed by atoms with E-state index >= 15 is 0 Å². The summed E-state index contributed by atoms with van der Waals surface area (Å²) in [4.78, 5) is 24.5. The Morgan fingerprint density at radius 3 is 2.64 bits per heavy atom. The van der Waals surface area contributed by atoms with E-state index in [4.69, 9.17) is 5.73 Å². The van der Waals surface area contributed by atoms with E-state index < -0.39 is 0 Å². The van der Waals surface area contributed by atoms with Crippen LogP contribution in [0.4, 0.5) is 0 Å². The minimum atomic E-state index is -0.308. The van der Waals surface area contributed by atoms with Gasteiger partial charge in [0, 0.05) is 17.5 Å². The standard InChI is InChI=1S/C18H24N2O2/c1-20(10-17(19)22)12-18(7-8-18)16-9-14(13-3-2-4-13)5-6-15(16)11-21/h5-6,9,11,13H,2-4,7-8,10,12H2,1H3,(H2,19,22). The molecule has 2 aliphatic rings. The van der Waals surface area contributed by atoms with Crippen molar-refractivity contribution in [2.75, 3.05) is 20.1 Å². The van der Waals surface area contributed by atoms with Gasteiger partial charge < -0.3 is 5.73 Å². The van der Waals surface area contributed by atoms with Gasteiger partial charge in [-0.05, 0) is 49.8 Å². The lowest BCUT2D eigenvalue weighted by molar-refractivity contribution is -0.118. The molecule has 1 amide bonds. The van der Waals surface area contributed by atoms with Crippen LogP contribution in [0.1, 0.15) is 59.5 Å². The molecule has 1 aromatic rings. The van der Waals surface area contributed by atoms with Crippen molar-refractivity contribution < 1.29 is 9.59 Å². The smallest absolute Gasteiger partial charge is 0.231 e. The number of likely N-dealkylation sites (N-methyl/N-ethyl adjacent to an activating group) is 1. The Hall–Kier alpha value is -1.68. The molecule has 2 fully saturated rings. The highest BCUT2D eigenvalue weighted by atomic mass is 16.1. The summed E-state index contributed by atoms with van der Waals surface area (Å²) < 4.78 is 0. The average molecular weight is 300 g/mol. The second-order valence-electron chi connectivity index (χ2n) is 7.01. The normalized spacial score (nSPS) is 19.7. The van der Waals surface area contributed by atoms with Gasteiger partial charge in [-0.2, -0.15) is 0 Å². The molecule has 4 nitrogen and oxygen atoms in total. The van der Waals surface area contributed by atoms with Crippen LogP contribution in [-0.2, 0) is 10.2 Å². The van der Waals surface area contributed by atoms with Crippen LogP contribution < -0.4 is 5.73 Å². The predicted octanol–water partition coefficient (Wildman–Crippen LogP) is 2.22. The van der Waals surface area contributed by atoms with Crippen molar-refractivity contribution in [1.29, 1.82) is 0 Å². The van der Waals surface area contributed by atoms with E-state index in [1.165, 1.54) is 30.4 Å². The number of hydrogen-bond donors (Lipinski definition) is 1. The first-order chi connectivity index (χ1) is 10.5. The van der Waals surface area contributed by atoms with E-state index in [0.29, 0.717) is 5.92 Å². The van der Waals surface area contributed by atoms with Crippen molar-refractivity contribution in [3.63, 3.8) is 0 Å². The van der Waals surface area contributed by atoms with Crippen LogP contribution in [0.3, 0.4) is 0 Å². The number of nitrogens with zero attached hydrogens (tertiary/aromatic N) is 1. The Labute approximate surface area is 131 Å². The van der Waals surface area contributed by atoms with Crippen LogP contribution in [-0.4, -0.2) is 37.2 Å². The van der Waals surface area contributed by atoms with E-state index in [9.17, 15) is 9.59 Å². The Morgan fingerprint density at radius 1 is 1.41 bits per heavy atom. The molecule has 1 aromatic carbocycles. The molecule has 0 saturated heterocycles. The maximum absolute atomic E-state index is 11.4. The van der Waals surface area contributed by atoms with Crippen LogP contribution in [0.5, 0.6) is 0 Å². The van der Waals surface area contributed by atoms with E-state index in [0.717, 1.165) is 31.2 Å². The van der Waals surface area contributed by atoms with Gasteiger partial charge in [0.1, 0.15) is 6.29 Å². The zero-order chi connectivity index (χ0) is 15.7. The fraction of sp³-hybridized carbons (Fsp3) is 0.556. The molecule has 2 N–H and O–H groups in total. The SMILES string of the molecule is CN(CC(N)=O)CC1(c2cc(C3CCC3)ccc2C=O)CC1. The average Bonchev–Trinajstić information content (AvgIpc) is 3.16. The number of benzene rings is 1. The molecule has 4 heteroatoms. The highest BCUT2D eigenvalue weighted by Gasteiger charge is 2.46. The summed E-state index contributed by atoms with van der Waals surface area (Å²) in [7, 11) is 1.92. The molecule has 0 bridgehead atoms. The summed E-state index contributed by atoms with van der Waals surface area (Å²) >= 11 is 0. The number of primary amides is 1. The Morgan fingerprint density at radius 2 is 2.14 bits per heavy atom. The lowest BCUT2D eigenvalue weighted by Gasteiger charge is -2.29. The van der Waals surface area contributed by atoms with E-state index in [2.05, 4.69) is 12.1 Å². The number of hydrogen-bond acceptors (Lipinski definition) is 3. The number of aldehydes is 1. The molecular weight excluding hydrogens is 276 g/mol. The van der Waals surface area contributed by atoms with Crippen LogP contribution in [0.15, 0.2) is 18.2 Å². The van der Waals surface area contributed by atoms with E-state index in [1.807, 2.05) is 18.0 Å². The quantitative estimate of drug-likeness (QED) is 0.785. The molecule has 22 heavy (non-hydrogen) atoms. The second-order valence-corrected chi connectivity index (χ2v) is 7.01. The monoisotopic (exact) mass is 300 g/mol. The highest BCUT2D eigenvalue weighted by molar-refractivity contribution is 5.79. The zero-order valence-corrected chi connectivity index (χ0v) is 13.2. The number of amides is 1. The van der Waals surface area contributed by atoms with Crippen LogP contribution in [0, 0.1) is 0 Å². The number of carbonyl (C=O) groups excluding carboxylic acids is 2. The largest absolute Gasteiger partial charge is 0.369 e. The second kappa shape index (κ2) is 5.84. The van der Waals surface area contributed by atoms with Crippen LogP contribution >= 0.6 is 0 Å². The van der Waals surface area contributed by atoms with Crippen molar-refractivity contribution in [2.24, 2.45) is 5.73 Å². The van der Waals surface area contributed by atoms with Gasteiger partial charge in [0.15, 0.2) is 0 Å². The van der Waals surface area contributed by atoms with Gasteiger partial charge in [-0.1, -0.05) is 24.6 Å². The summed E-state index contributed by atoms with van der Waals surface area (Å²) in [5.74, 6) is 0.357. The summed E-state index contributed by atoms with van der Waals surface area (Å²) in [5, 5.41) is 0. The maximum atomic E-state index is 11.4. The van der Waals surface area contributed by atoms with Crippen molar-refractivity contribution in [3.05, 3.63) is 34.9 Å². The minimum absolute atomic E-state index is 0.0280. The van der Waals surface area contributed by atoms with Crippen LogP contribution in [0.2, 0.25) is 0 Å². The molecule has 0 atom stereocenters. The van der Waals surface area contributed by atoms with Gasteiger partial charge in [0.2, 0.25) is 5.91 Å². The molecular formula is C18H24N2O2. The first-order valence-corrected chi connectivity index (χ1v) is 8.10. The third-order valence-corrected chi connectivity index (χ3v) is 5.20. The number of rotatable bonds is 7. The number of carbonyl (C=O) groups is 2. The summed E-state index contributed by atoms with van der Waals surface area (Å²) in [6.07, 6.45) is 6.94. The molecule has 0 unspecified atom stereocenters. The molecule has 2 aliphatic carbocycles. The third-order valence-electron chi connectivity index (χ3n) is 5.20. The van der Waals surface area contributed by atoms with Crippen molar-refractivity contribution >= 4 is 12.2 Å². The lowest BCUT2D eigenvalue weighted by atomic mass is 9.78. The van der Waals surface area contributed by atoms with E-state index in [-0.39, 0.29) is 17.9 Å². The first kappa shape index (κ1) is 15.2. The Balaban J connectivity index is 1.85. The molecule has 3 rings (SSSR count). The van der Waals surface area contributed by atoms with Crippen molar-refractivity contribution in [1.82, 2.24) is 4.90 Å². The van der Waals surface area contributed by atoms with Gasteiger partial charge in [-0.3, -0.25) is 14.5 Å². The van der Waals surface area contributed by atoms with Gasteiger partial charge in [0.05, 0.1) is 6.54 Å². The summed E-state index contributed by atoms with van der Waals surface area (Å²) in [6, 6.07) is 6.34. The fourth-order valence-electron chi connectivity index (χ4n) is 3.63. The molecule has 2 saturated carbocycles. The molecule has 0 heterocycles. The molecule has 0 spiro atoms. The zero-order valence-electron chi connectivity index (χ0n) is 13.2. The summed E-state index contributed by atoms with van der Waals surface area (Å²) in [5.41, 5.74) is 8.65. The molecule has 118 valence electrons. The van der Waals surface area contributed by atoms with Crippen LogP contribution in [0.25, 0.3) is 0 Å². The van der Waals surface area contributed by atoms with Crippen molar-refractivity contribution in [3.8, 4) is 0 Å². The van der Waals surface area contributed by atoms with Gasteiger partial charge in [0.25, 0.3) is 0 Å². The summed E-state index contributed by atoms with van der Waals surface area (Å²) in [6.45, 7) is 1.05. The molecule has 0 aliphatic heterocycles. The lowest BCUT2D eigenvalue weighted by Crippen LogP contribution is -2.36. The Kier molecular flexibility index (Phi) is 4.04. The molecule has 0 aromatic heterocycles. The minimum Gasteiger partial charge on any atom is -0.369 e. The predicted molar refractivity (Wildman–Crippen MR) is 86.0 cm³/mol. The van der Waals surface area contributed by atoms with Gasteiger partial charge >= 0.3 is 0 Å². The Bertz CT molecular complexity index is 589. The molecule has 0 radical (unpaired) electrons. The third kappa shape index (κ3) is 2.93. The van der Waals surface area contributed by atoms with Gasteiger partial charge in [-0.15, -0.1) is 0 Å². The fourth-order valence-corrected chi connectivity index (χ4v) is 3.63. The maximum Gasteiger partial charge on any atom is 0.231 e. The number of nitrogens with two attached hydrogens (primary N) is 1. The topological polar surface area (TPSA) is 63.4 Å². The van der Waals surface area contributed by atoms with E-state index in [1.54, 1.807) is 0 Å². The highest BCUT2D eigenvalue weighted by Crippen LogP contribution is 2.50. The first-order valence-electron chi connectivity index (χ1n) is 8.10. The van der Waals surface area contributed by atoms with Crippen molar-refractivity contribution in [2.45, 2.75) is 43.4 Å².